The maximum absolute atomic E-state index is 12.5. The van der Waals surface area contributed by atoms with Crippen LogP contribution >= 0.6 is 15.9 Å². The number of benzene rings is 1. The van der Waals surface area contributed by atoms with Crippen molar-refractivity contribution < 1.29 is 14.3 Å². The van der Waals surface area contributed by atoms with Crippen LogP contribution in [0.1, 0.15) is 19.8 Å². The second-order valence-electron chi connectivity index (χ2n) is 5.62. The minimum absolute atomic E-state index is 0.0710. The second kappa shape index (κ2) is 4.88. The van der Waals surface area contributed by atoms with Gasteiger partial charge in [-0.15, -0.1) is 0 Å². The smallest absolute Gasteiger partial charge is 0.237 e. The highest BCUT2D eigenvalue weighted by Gasteiger charge is 2.52. The van der Waals surface area contributed by atoms with E-state index in [1.807, 2.05) is 0 Å². The number of rotatable bonds is 2. The fourth-order valence-electron chi connectivity index (χ4n) is 3.31. The Kier molecular flexibility index (Phi) is 3.32. The molecule has 5 heteroatoms. The molecular weight excluding hydrogens is 322 g/mol. The van der Waals surface area contributed by atoms with E-state index in [1.54, 1.807) is 25.3 Å². The molecule has 0 bridgehead atoms. The molecule has 2 aliphatic rings. The molecule has 1 saturated heterocycles. The Morgan fingerprint density at radius 2 is 1.80 bits per heavy atom. The van der Waals surface area contributed by atoms with Crippen LogP contribution in [0.25, 0.3) is 0 Å². The lowest BCUT2D eigenvalue weighted by Crippen LogP contribution is -2.32. The van der Waals surface area contributed by atoms with Crippen molar-refractivity contribution in [3.8, 4) is 5.75 Å². The molecule has 0 radical (unpaired) electrons. The Bertz CT molecular complexity index is 562. The molecule has 1 aromatic rings. The van der Waals surface area contributed by atoms with Gasteiger partial charge >= 0.3 is 0 Å². The Morgan fingerprint density at radius 3 is 2.35 bits per heavy atom. The topological polar surface area (TPSA) is 46.6 Å². The van der Waals surface area contributed by atoms with Gasteiger partial charge in [-0.1, -0.05) is 6.92 Å². The molecule has 2 amide bonds. The quantitative estimate of drug-likeness (QED) is 0.779. The molecule has 3 rings (SSSR count). The molecule has 4 nitrogen and oxygen atoms in total. The number of carbonyl (C=O) groups is 2. The number of nitrogens with zero attached hydrogens (tertiary/aromatic N) is 1. The van der Waals surface area contributed by atoms with Gasteiger partial charge in [0.15, 0.2) is 0 Å². The van der Waals surface area contributed by atoms with Crippen LogP contribution in [0.15, 0.2) is 22.7 Å². The highest BCUT2D eigenvalue weighted by atomic mass is 79.9. The number of anilines is 1. The van der Waals surface area contributed by atoms with Crippen LogP contribution in [0.2, 0.25) is 0 Å². The first-order valence-electron chi connectivity index (χ1n) is 6.74. The van der Waals surface area contributed by atoms with E-state index < -0.39 is 0 Å². The maximum atomic E-state index is 12.5. The van der Waals surface area contributed by atoms with Gasteiger partial charge in [-0.05, 0) is 46.8 Å². The largest absolute Gasteiger partial charge is 0.497 e. The fraction of sp³-hybridized carbons (Fsp3) is 0.467. The minimum atomic E-state index is -0.143. The van der Waals surface area contributed by atoms with Crippen molar-refractivity contribution in [2.45, 2.75) is 19.8 Å². The van der Waals surface area contributed by atoms with Gasteiger partial charge in [0.25, 0.3) is 0 Å². The van der Waals surface area contributed by atoms with Crippen molar-refractivity contribution in [2.24, 2.45) is 17.8 Å². The molecule has 1 aliphatic carbocycles. The summed E-state index contributed by atoms with van der Waals surface area (Å²) in [6, 6.07) is 5.32. The predicted octanol–water partition coefficient (Wildman–Crippen LogP) is 2.99. The van der Waals surface area contributed by atoms with Crippen LogP contribution in [-0.2, 0) is 9.59 Å². The van der Waals surface area contributed by atoms with Crippen LogP contribution in [0.3, 0.4) is 0 Å². The van der Waals surface area contributed by atoms with Crippen LogP contribution in [0.5, 0.6) is 5.75 Å². The van der Waals surface area contributed by atoms with Gasteiger partial charge in [0.1, 0.15) is 5.75 Å². The average molecular weight is 338 g/mol. The van der Waals surface area contributed by atoms with Gasteiger partial charge in [-0.3, -0.25) is 9.59 Å². The van der Waals surface area contributed by atoms with E-state index in [9.17, 15) is 9.59 Å². The lowest BCUT2D eigenvalue weighted by atomic mass is 10.00. The third-order valence-corrected chi connectivity index (χ3v) is 4.94. The molecule has 0 N–H and O–H groups in total. The van der Waals surface area contributed by atoms with Crippen molar-refractivity contribution >= 4 is 33.4 Å². The van der Waals surface area contributed by atoms with Crippen molar-refractivity contribution in [1.29, 1.82) is 0 Å². The second-order valence-corrected chi connectivity index (χ2v) is 6.47. The monoisotopic (exact) mass is 337 g/mol. The first-order chi connectivity index (χ1) is 9.52. The van der Waals surface area contributed by atoms with Gasteiger partial charge in [0, 0.05) is 10.5 Å². The summed E-state index contributed by atoms with van der Waals surface area (Å²) in [7, 11) is 1.57. The van der Waals surface area contributed by atoms with Crippen molar-refractivity contribution in [2.75, 3.05) is 12.0 Å². The number of fused-ring (bicyclic) bond motifs is 1. The number of imide groups is 1. The summed E-state index contributed by atoms with van der Waals surface area (Å²) in [5.41, 5.74) is 0.585. The number of ether oxygens (including phenoxy) is 1. The minimum Gasteiger partial charge on any atom is -0.497 e. The fourth-order valence-corrected chi connectivity index (χ4v) is 3.73. The molecule has 1 saturated carbocycles. The molecule has 1 aromatic carbocycles. The highest BCUT2D eigenvalue weighted by molar-refractivity contribution is 9.10. The van der Waals surface area contributed by atoms with Crippen LogP contribution in [0.4, 0.5) is 5.69 Å². The number of halogens is 1. The van der Waals surface area contributed by atoms with Crippen molar-refractivity contribution in [3.05, 3.63) is 22.7 Å². The number of hydrogen-bond acceptors (Lipinski definition) is 3. The summed E-state index contributed by atoms with van der Waals surface area (Å²) in [6.07, 6.45) is 1.63. The number of hydrogen-bond donors (Lipinski definition) is 0. The van der Waals surface area contributed by atoms with E-state index in [0.717, 1.165) is 17.3 Å². The number of methoxy groups -OCH3 is 1. The molecule has 2 atom stereocenters. The van der Waals surface area contributed by atoms with E-state index in [-0.39, 0.29) is 23.7 Å². The molecular formula is C15H16BrNO3. The molecule has 2 unspecified atom stereocenters. The van der Waals surface area contributed by atoms with Gasteiger partial charge in [0.05, 0.1) is 24.6 Å². The van der Waals surface area contributed by atoms with Crippen LogP contribution in [0, 0.1) is 17.8 Å². The van der Waals surface area contributed by atoms with Gasteiger partial charge < -0.3 is 4.74 Å². The van der Waals surface area contributed by atoms with E-state index in [2.05, 4.69) is 22.9 Å². The summed E-state index contributed by atoms with van der Waals surface area (Å²) < 4.78 is 5.91. The maximum Gasteiger partial charge on any atom is 0.237 e. The Hall–Kier alpha value is -1.36. The molecule has 0 spiro atoms. The lowest BCUT2D eigenvalue weighted by Gasteiger charge is -2.19. The average Bonchev–Trinajstić information content (AvgIpc) is 2.91. The van der Waals surface area contributed by atoms with E-state index in [1.165, 1.54) is 4.90 Å². The Morgan fingerprint density at radius 1 is 1.20 bits per heavy atom. The summed E-state index contributed by atoms with van der Waals surface area (Å²) >= 11 is 3.41. The van der Waals surface area contributed by atoms with E-state index in [0.29, 0.717) is 17.4 Å². The molecule has 1 heterocycles. The Labute approximate surface area is 126 Å². The Balaban J connectivity index is 2.00. The van der Waals surface area contributed by atoms with Crippen molar-refractivity contribution in [1.82, 2.24) is 0 Å². The molecule has 1 aliphatic heterocycles. The normalized spacial score (nSPS) is 28.9. The van der Waals surface area contributed by atoms with Crippen molar-refractivity contribution in [3.63, 3.8) is 0 Å². The standard InChI is InChI=1S/C15H16BrNO3/c1-8-5-10-11(6-8)15(19)17(14(10)18)13-7-9(20-2)3-4-12(13)16/h3-4,7-8,10-11H,5-6H2,1-2H3. The molecule has 0 aromatic heterocycles. The zero-order valence-corrected chi connectivity index (χ0v) is 13.0. The number of amides is 2. The first-order valence-corrected chi connectivity index (χ1v) is 7.53. The predicted molar refractivity (Wildman–Crippen MR) is 78.6 cm³/mol. The van der Waals surface area contributed by atoms with E-state index >= 15 is 0 Å². The lowest BCUT2D eigenvalue weighted by molar-refractivity contribution is -0.123. The third-order valence-electron chi connectivity index (χ3n) is 4.27. The highest BCUT2D eigenvalue weighted by Crippen LogP contribution is 2.45. The van der Waals surface area contributed by atoms with Crippen LogP contribution < -0.4 is 9.64 Å². The molecule has 106 valence electrons. The van der Waals surface area contributed by atoms with Crippen LogP contribution in [-0.4, -0.2) is 18.9 Å². The molecule has 2 fully saturated rings. The van der Waals surface area contributed by atoms with E-state index in [4.69, 9.17) is 4.74 Å². The molecule has 20 heavy (non-hydrogen) atoms. The summed E-state index contributed by atoms with van der Waals surface area (Å²) in [5.74, 6) is 0.658. The van der Waals surface area contributed by atoms with Gasteiger partial charge in [0.2, 0.25) is 11.8 Å². The summed E-state index contributed by atoms with van der Waals surface area (Å²) in [6.45, 7) is 2.10. The number of carbonyl (C=O) groups excluding carboxylic acids is 2. The SMILES string of the molecule is COc1ccc(Br)c(N2C(=O)C3CC(C)CC3C2=O)c1. The summed E-state index contributed by atoms with van der Waals surface area (Å²) in [5, 5.41) is 0. The third kappa shape index (κ3) is 1.95. The zero-order chi connectivity index (χ0) is 14.4. The van der Waals surface area contributed by atoms with Gasteiger partial charge in [-0.25, -0.2) is 4.90 Å². The van der Waals surface area contributed by atoms with Gasteiger partial charge in [-0.2, -0.15) is 0 Å². The first kappa shape index (κ1) is 13.6. The zero-order valence-electron chi connectivity index (χ0n) is 11.4. The summed E-state index contributed by atoms with van der Waals surface area (Å²) in [4.78, 5) is 26.4.